The molecule has 3 amide bonds. The maximum atomic E-state index is 13.2. The fraction of sp³-hybridized carbons (Fsp3) is 0.407. The van der Waals surface area contributed by atoms with Crippen LogP contribution in [0.25, 0.3) is 10.9 Å². The monoisotopic (exact) mass is 491 g/mol. The molecule has 1 fully saturated rings. The van der Waals surface area contributed by atoms with Crippen LogP contribution in [0, 0.1) is 5.92 Å². The summed E-state index contributed by atoms with van der Waals surface area (Å²) in [6.45, 7) is 0.964. The van der Waals surface area contributed by atoms with Gasteiger partial charge in [0.25, 0.3) is 11.8 Å². The SMILES string of the molecule is COCCCNC(=O)c1c(NC(=O)c2ccccn2)[nH]c2cc(N(C)C(=O)C3CCCCC3)ccc12. The molecule has 9 heteroatoms. The molecule has 2 heterocycles. The number of nitrogens with one attached hydrogen (secondary N) is 3. The zero-order chi connectivity index (χ0) is 25.5. The molecular formula is C27H33N5O4. The van der Waals surface area contributed by atoms with E-state index >= 15 is 0 Å². The minimum absolute atomic E-state index is 0.0461. The number of methoxy groups -OCH3 is 1. The zero-order valence-corrected chi connectivity index (χ0v) is 20.8. The molecule has 0 unspecified atom stereocenters. The van der Waals surface area contributed by atoms with Crippen molar-refractivity contribution in [2.45, 2.75) is 38.5 Å². The number of hydrogen-bond donors (Lipinski definition) is 3. The van der Waals surface area contributed by atoms with E-state index in [4.69, 9.17) is 4.74 Å². The zero-order valence-electron chi connectivity index (χ0n) is 20.8. The minimum Gasteiger partial charge on any atom is -0.385 e. The van der Waals surface area contributed by atoms with Crippen LogP contribution in [-0.2, 0) is 9.53 Å². The van der Waals surface area contributed by atoms with Crippen LogP contribution in [-0.4, -0.2) is 55.0 Å². The minimum atomic E-state index is -0.430. The number of amides is 3. The second-order valence-electron chi connectivity index (χ2n) is 9.11. The smallest absolute Gasteiger partial charge is 0.275 e. The molecule has 190 valence electrons. The summed E-state index contributed by atoms with van der Waals surface area (Å²) in [6.07, 6.45) is 7.40. The Hall–Kier alpha value is -3.72. The number of hydrogen-bond acceptors (Lipinski definition) is 5. The van der Waals surface area contributed by atoms with Gasteiger partial charge in [0.05, 0.1) is 5.56 Å². The van der Waals surface area contributed by atoms with Crippen molar-refractivity contribution in [2.24, 2.45) is 5.92 Å². The summed E-state index contributed by atoms with van der Waals surface area (Å²) in [5, 5.41) is 6.34. The Bertz CT molecular complexity index is 1220. The lowest BCUT2D eigenvalue weighted by atomic mass is 9.88. The van der Waals surface area contributed by atoms with Gasteiger partial charge in [0.15, 0.2) is 0 Å². The van der Waals surface area contributed by atoms with E-state index in [0.717, 1.165) is 31.4 Å². The number of rotatable bonds is 9. The second-order valence-corrected chi connectivity index (χ2v) is 9.11. The third kappa shape index (κ3) is 5.73. The highest BCUT2D eigenvalue weighted by Crippen LogP contribution is 2.32. The van der Waals surface area contributed by atoms with E-state index in [2.05, 4.69) is 20.6 Å². The molecule has 0 aliphatic heterocycles. The first-order chi connectivity index (χ1) is 17.5. The predicted molar refractivity (Wildman–Crippen MR) is 139 cm³/mol. The van der Waals surface area contributed by atoms with Crippen LogP contribution in [0.2, 0.25) is 0 Å². The van der Waals surface area contributed by atoms with Gasteiger partial charge in [-0.3, -0.25) is 19.4 Å². The number of benzene rings is 1. The molecule has 0 atom stereocenters. The van der Waals surface area contributed by atoms with Crippen LogP contribution in [0.15, 0.2) is 42.6 Å². The molecule has 1 aliphatic rings. The van der Waals surface area contributed by atoms with Gasteiger partial charge in [-0.25, -0.2) is 0 Å². The summed E-state index contributed by atoms with van der Waals surface area (Å²) in [7, 11) is 3.40. The first-order valence-corrected chi connectivity index (χ1v) is 12.4. The van der Waals surface area contributed by atoms with Crippen molar-refractivity contribution in [3.05, 3.63) is 53.9 Å². The maximum Gasteiger partial charge on any atom is 0.275 e. The summed E-state index contributed by atoms with van der Waals surface area (Å²) in [5.41, 5.74) is 1.95. The molecule has 0 bridgehead atoms. The van der Waals surface area contributed by atoms with Gasteiger partial charge in [0.2, 0.25) is 5.91 Å². The quantitative estimate of drug-likeness (QED) is 0.389. The molecule has 1 aliphatic carbocycles. The van der Waals surface area contributed by atoms with Crippen molar-refractivity contribution in [1.29, 1.82) is 0 Å². The van der Waals surface area contributed by atoms with E-state index < -0.39 is 5.91 Å². The first kappa shape index (κ1) is 25.4. The van der Waals surface area contributed by atoms with Crippen LogP contribution in [0.3, 0.4) is 0 Å². The van der Waals surface area contributed by atoms with Gasteiger partial charge in [-0.05, 0) is 49.6 Å². The number of pyridine rings is 1. The maximum absolute atomic E-state index is 13.2. The molecule has 4 rings (SSSR count). The number of ether oxygens (including phenoxy) is 1. The van der Waals surface area contributed by atoms with Gasteiger partial charge >= 0.3 is 0 Å². The summed E-state index contributed by atoms with van der Waals surface area (Å²) in [5.74, 6) is -0.304. The van der Waals surface area contributed by atoms with Gasteiger partial charge in [0.1, 0.15) is 11.5 Å². The van der Waals surface area contributed by atoms with Crippen molar-refractivity contribution in [2.75, 3.05) is 37.5 Å². The number of carbonyl (C=O) groups excluding carboxylic acids is 3. The second kappa shape index (κ2) is 11.8. The highest BCUT2D eigenvalue weighted by atomic mass is 16.5. The Balaban J connectivity index is 1.63. The van der Waals surface area contributed by atoms with Crippen LogP contribution < -0.4 is 15.5 Å². The van der Waals surface area contributed by atoms with Crippen LogP contribution >= 0.6 is 0 Å². The third-order valence-corrected chi connectivity index (χ3v) is 6.63. The molecule has 2 aromatic heterocycles. The van der Waals surface area contributed by atoms with Crippen molar-refractivity contribution in [3.63, 3.8) is 0 Å². The lowest BCUT2D eigenvalue weighted by Crippen LogP contribution is -2.33. The van der Waals surface area contributed by atoms with Gasteiger partial charge in [-0.15, -0.1) is 0 Å². The molecule has 3 aromatic rings. The Morgan fingerprint density at radius 3 is 2.64 bits per heavy atom. The molecule has 0 radical (unpaired) electrons. The molecule has 0 spiro atoms. The standard InChI is InChI=1S/C27H33N5O4/c1-32(27(35)18-9-4-3-5-10-18)19-12-13-20-22(17-19)30-24(23(20)26(34)29-15-8-16-36-2)31-25(33)21-11-6-7-14-28-21/h6-7,11-14,17-18,30H,3-5,8-10,15-16H2,1-2H3,(H,29,34)(H,31,33). The topological polar surface area (TPSA) is 116 Å². The molecule has 36 heavy (non-hydrogen) atoms. The van der Waals surface area contributed by atoms with Crippen molar-refractivity contribution in [3.8, 4) is 0 Å². The Labute approximate surface area is 210 Å². The van der Waals surface area contributed by atoms with E-state index in [1.807, 2.05) is 18.2 Å². The number of aromatic amines is 1. The van der Waals surface area contributed by atoms with E-state index in [1.165, 1.54) is 12.6 Å². The van der Waals surface area contributed by atoms with E-state index in [1.54, 1.807) is 37.3 Å². The largest absolute Gasteiger partial charge is 0.385 e. The van der Waals surface area contributed by atoms with Crippen molar-refractivity contribution >= 4 is 40.1 Å². The van der Waals surface area contributed by atoms with E-state index in [9.17, 15) is 14.4 Å². The summed E-state index contributed by atoms with van der Waals surface area (Å²) < 4.78 is 5.05. The number of anilines is 2. The Morgan fingerprint density at radius 2 is 1.92 bits per heavy atom. The van der Waals surface area contributed by atoms with Gasteiger partial charge < -0.3 is 25.3 Å². The van der Waals surface area contributed by atoms with Gasteiger partial charge in [0, 0.05) is 56.0 Å². The highest BCUT2D eigenvalue weighted by Gasteiger charge is 2.26. The predicted octanol–water partition coefficient (Wildman–Crippen LogP) is 4.12. The van der Waals surface area contributed by atoms with Crippen molar-refractivity contribution in [1.82, 2.24) is 15.3 Å². The average molecular weight is 492 g/mol. The number of aromatic nitrogens is 2. The average Bonchev–Trinajstić information content (AvgIpc) is 3.28. The lowest BCUT2D eigenvalue weighted by Gasteiger charge is -2.26. The van der Waals surface area contributed by atoms with Crippen LogP contribution in [0.4, 0.5) is 11.5 Å². The summed E-state index contributed by atoms with van der Waals surface area (Å²) in [6, 6.07) is 10.5. The van der Waals surface area contributed by atoms with Gasteiger partial charge in [-0.2, -0.15) is 0 Å². The fourth-order valence-corrected chi connectivity index (χ4v) is 4.66. The molecule has 1 aromatic carbocycles. The summed E-state index contributed by atoms with van der Waals surface area (Å²) >= 11 is 0. The number of carbonyl (C=O) groups is 3. The lowest BCUT2D eigenvalue weighted by molar-refractivity contribution is -0.123. The van der Waals surface area contributed by atoms with E-state index in [-0.39, 0.29) is 29.2 Å². The van der Waals surface area contributed by atoms with Crippen LogP contribution in [0.1, 0.15) is 59.4 Å². The number of nitrogens with zero attached hydrogens (tertiary/aromatic N) is 2. The van der Waals surface area contributed by atoms with Gasteiger partial charge in [-0.1, -0.05) is 25.3 Å². The molecule has 0 saturated heterocycles. The highest BCUT2D eigenvalue weighted by molar-refractivity contribution is 6.15. The number of fused-ring (bicyclic) bond motifs is 1. The Kier molecular flexibility index (Phi) is 8.32. The molecule has 3 N–H and O–H groups in total. The summed E-state index contributed by atoms with van der Waals surface area (Å²) in [4.78, 5) is 48.0. The molecular weight excluding hydrogens is 458 g/mol. The van der Waals surface area contributed by atoms with Crippen LogP contribution in [0.5, 0.6) is 0 Å². The normalized spacial score (nSPS) is 13.9. The molecule has 9 nitrogen and oxygen atoms in total. The molecule has 1 saturated carbocycles. The first-order valence-electron chi connectivity index (χ1n) is 12.4. The number of H-pyrrole nitrogens is 1. The van der Waals surface area contributed by atoms with Crippen molar-refractivity contribution < 1.29 is 19.1 Å². The van der Waals surface area contributed by atoms with E-state index in [0.29, 0.717) is 36.0 Å². The third-order valence-electron chi connectivity index (χ3n) is 6.63. The fourth-order valence-electron chi connectivity index (χ4n) is 4.66. The Morgan fingerprint density at radius 1 is 1.11 bits per heavy atom.